The Labute approximate surface area is 104 Å². The maximum Gasteiger partial charge on any atom is 0.352 e. The molecule has 1 rings (SSSR count). The zero-order valence-electron chi connectivity index (χ0n) is 8.96. The number of carbonyl (C=O) groups is 1. The van der Waals surface area contributed by atoms with Crippen LogP contribution < -0.4 is 0 Å². The van der Waals surface area contributed by atoms with Gasteiger partial charge in [-0.25, -0.2) is 4.79 Å². The summed E-state index contributed by atoms with van der Waals surface area (Å²) in [5.74, 6) is -0.687. The minimum absolute atomic E-state index is 0.0766. The molecular weight excluding hydrogens is 255 g/mol. The van der Waals surface area contributed by atoms with E-state index in [1.165, 1.54) is 14.2 Å². The fraction of sp³-hybridized carbons (Fsp3) is 0.500. The summed E-state index contributed by atoms with van der Waals surface area (Å²) in [5.41, 5.74) is -1.24. The SMILES string of the molecule is C=CC[C@@]1(C(OC)OC)OC(=O)C(Cl)=C1Cl. The van der Waals surface area contributed by atoms with Crippen LogP contribution in [0.15, 0.2) is 22.7 Å². The van der Waals surface area contributed by atoms with Crippen molar-refractivity contribution in [1.82, 2.24) is 0 Å². The zero-order chi connectivity index (χ0) is 12.3. The van der Waals surface area contributed by atoms with Crippen LogP contribution in [0, 0.1) is 0 Å². The number of ether oxygens (including phenoxy) is 3. The van der Waals surface area contributed by atoms with Gasteiger partial charge in [-0.15, -0.1) is 6.58 Å². The molecule has 1 aliphatic heterocycles. The first-order valence-electron chi connectivity index (χ1n) is 4.49. The van der Waals surface area contributed by atoms with E-state index in [-0.39, 0.29) is 16.5 Å². The lowest BCUT2D eigenvalue weighted by Gasteiger charge is -2.33. The van der Waals surface area contributed by atoms with Crippen molar-refractivity contribution < 1.29 is 19.0 Å². The average Bonchev–Trinajstić information content (AvgIpc) is 2.47. The third kappa shape index (κ3) is 1.98. The minimum atomic E-state index is -1.24. The molecule has 0 fully saturated rings. The van der Waals surface area contributed by atoms with Gasteiger partial charge in [-0.2, -0.15) is 0 Å². The summed E-state index contributed by atoms with van der Waals surface area (Å²) < 4.78 is 15.3. The van der Waals surface area contributed by atoms with Gasteiger partial charge in [0.05, 0.1) is 5.03 Å². The number of rotatable bonds is 5. The molecule has 0 N–H and O–H groups in total. The van der Waals surface area contributed by atoms with Crippen molar-refractivity contribution in [3.8, 4) is 0 Å². The van der Waals surface area contributed by atoms with E-state index in [4.69, 9.17) is 37.4 Å². The van der Waals surface area contributed by atoms with Gasteiger partial charge < -0.3 is 14.2 Å². The number of hydrogen-bond acceptors (Lipinski definition) is 4. The second kappa shape index (κ2) is 5.19. The fourth-order valence-electron chi connectivity index (χ4n) is 1.60. The quantitative estimate of drug-likeness (QED) is 0.435. The van der Waals surface area contributed by atoms with Crippen molar-refractivity contribution in [2.75, 3.05) is 14.2 Å². The Morgan fingerprint density at radius 1 is 1.50 bits per heavy atom. The van der Waals surface area contributed by atoms with Crippen LogP contribution in [0.5, 0.6) is 0 Å². The number of halogens is 2. The number of carbonyl (C=O) groups excluding carboxylic acids is 1. The molecule has 0 saturated carbocycles. The van der Waals surface area contributed by atoms with Crippen molar-refractivity contribution in [3.63, 3.8) is 0 Å². The first kappa shape index (κ1) is 13.5. The summed E-state index contributed by atoms with van der Waals surface area (Å²) in [5, 5.41) is -0.0737. The van der Waals surface area contributed by atoms with Crippen LogP contribution >= 0.6 is 23.2 Å². The van der Waals surface area contributed by atoms with Gasteiger partial charge in [0.25, 0.3) is 0 Å². The summed E-state index contributed by atoms with van der Waals surface area (Å²) in [4.78, 5) is 11.4. The van der Waals surface area contributed by atoms with Crippen molar-refractivity contribution in [2.24, 2.45) is 0 Å². The summed E-state index contributed by atoms with van der Waals surface area (Å²) in [7, 11) is 2.84. The first-order valence-corrected chi connectivity index (χ1v) is 5.24. The molecule has 0 spiro atoms. The Bertz CT molecular complexity index is 336. The molecule has 6 heteroatoms. The van der Waals surface area contributed by atoms with E-state index < -0.39 is 17.9 Å². The van der Waals surface area contributed by atoms with E-state index in [0.29, 0.717) is 0 Å². The van der Waals surface area contributed by atoms with Crippen LogP contribution in [0.4, 0.5) is 0 Å². The topological polar surface area (TPSA) is 44.8 Å². The van der Waals surface area contributed by atoms with Crippen molar-refractivity contribution in [3.05, 3.63) is 22.7 Å². The number of hydrogen-bond donors (Lipinski definition) is 0. The van der Waals surface area contributed by atoms with Crippen LogP contribution in [-0.4, -0.2) is 32.1 Å². The summed E-state index contributed by atoms with van der Waals surface area (Å²) in [6.45, 7) is 3.58. The van der Waals surface area contributed by atoms with Gasteiger partial charge in [-0.3, -0.25) is 0 Å². The van der Waals surface area contributed by atoms with Crippen LogP contribution in [0.25, 0.3) is 0 Å². The molecule has 0 unspecified atom stereocenters. The highest BCUT2D eigenvalue weighted by molar-refractivity contribution is 6.49. The Hall–Kier alpha value is -0.550. The van der Waals surface area contributed by atoms with Crippen LogP contribution in [0.2, 0.25) is 0 Å². The summed E-state index contributed by atoms with van der Waals surface area (Å²) in [6, 6.07) is 0. The van der Waals surface area contributed by atoms with E-state index >= 15 is 0 Å². The van der Waals surface area contributed by atoms with E-state index in [2.05, 4.69) is 6.58 Å². The smallest absolute Gasteiger partial charge is 0.352 e. The van der Waals surface area contributed by atoms with Gasteiger partial charge in [0.2, 0.25) is 11.9 Å². The molecule has 1 aliphatic rings. The second-order valence-electron chi connectivity index (χ2n) is 3.20. The molecular formula is C10H12Cl2O4. The molecule has 0 aromatic rings. The maximum absolute atomic E-state index is 11.4. The van der Waals surface area contributed by atoms with Crippen molar-refractivity contribution in [2.45, 2.75) is 18.3 Å². The second-order valence-corrected chi connectivity index (χ2v) is 3.96. The Balaban J connectivity index is 3.18. The van der Waals surface area contributed by atoms with E-state index in [9.17, 15) is 4.79 Å². The Morgan fingerprint density at radius 3 is 2.38 bits per heavy atom. The van der Waals surface area contributed by atoms with Gasteiger partial charge in [0, 0.05) is 20.6 Å². The van der Waals surface area contributed by atoms with Crippen molar-refractivity contribution in [1.29, 1.82) is 0 Å². The highest BCUT2D eigenvalue weighted by Crippen LogP contribution is 2.43. The van der Waals surface area contributed by atoms with Gasteiger partial charge in [-0.05, 0) is 0 Å². The van der Waals surface area contributed by atoms with E-state index in [0.717, 1.165) is 0 Å². The molecule has 0 bridgehead atoms. The number of methoxy groups -OCH3 is 2. The lowest BCUT2D eigenvalue weighted by molar-refractivity contribution is -0.209. The molecule has 0 aromatic carbocycles. The predicted molar refractivity (Wildman–Crippen MR) is 60.2 cm³/mol. The highest BCUT2D eigenvalue weighted by Gasteiger charge is 2.52. The molecule has 0 aromatic heterocycles. The third-order valence-electron chi connectivity index (χ3n) is 2.27. The minimum Gasteiger partial charge on any atom is -0.443 e. The van der Waals surface area contributed by atoms with Crippen LogP contribution in [0.1, 0.15) is 6.42 Å². The molecule has 90 valence electrons. The first-order chi connectivity index (χ1) is 7.53. The normalized spacial score (nSPS) is 25.2. The third-order valence-corrected chi connectivity index (χ3v) is 3.22. The van der Waals surface area contributed by atoms with Crippen molar-refractivity contribution >= 4 is 29.2 Å². The van der Waals surface area contributed by atoms with Gasteiger partial charge in [0.1, 0.15) is 5.03 Å². The molecule has 0 saturated heterocycles. The lowest BCUT2D eigenvalue weighted by atomic mass is 9.99. The van der Waals surface area contributed by atoms with Crippen LogP contribution in [-0.2, 0) is 19.0 Å². The largest absolute Gasteiger partial charge is 0.443 e. The van der Waals surface area contributed by atoms with E-state index in [1.54, 1.807) is 6.08 Å². The Morgan fingerprint density at radius 2 is 2.06 bits per heavy atom. The summed E-state index contributed by atoms with van der Waals surface area (Å²) >= 11 is 11.7. The average molecular weight is 267 g/mol. The molecule has 1 atom stereocenters. The molecule has 0 amide bonds. The summed E-state index contributed by atoms with van der Waals surface area (Å²) in [6.07, 6.45) is 0.967. The standard InChI is InChI=1S/C10H12Cl2O4/c1-4-5-10(9(14-2)15-3)7(12)6(11)8(13)16-10/h4,9H,1,5H2,2-3H3/t10-/m1/s1. The maximum atomic E-state index is 11.4. The predicted octanol–water partition coefficient (Wildman–Crippen LogP) is 2.17. The zero-order valence-corrected chi connectivity index (χ0v) is 10.5. The monoisotopic (exact) mass is 266 g/mol. The molecule has 1 heterocycles. The fourth-order valence-corrected chi connectivity index (χ4v) is 2.08. The molecule has 0 aliphatic carbocycles. The van der Waals surface area contributed by atoms with Gasteiger partial charge in [-0.1, -0.05) is 29.3 Å². The lowest BCUT2D eigenvalue weighted by Crippen LogP contribution is -2.45. The van der Waals surface area contributed by atoms with Gasteiger partial charge in [0.15, 0.2) is 0 Å². The van der Waals surface area contributed by atoms with Gasteiger partial charge >= 0.3 is 5.97 Å². The highest BCUT2D eigenvalue weighted by atomic mass is 35.5. The molecule has 16 heavy (non-hydrogen) atoms. The number of esters is 1. The number of cyclic esters (lactones) is 1. The van der Waals surface area contributed by atoms with E-state index in [1.807, 2.05) is 0 Å². The molecule has 4 nitrogen and oxygen atoms in total. The Kier molecular flexibility index (Phi) is 4.38. The van der Waals surface area contributed by atoms with Crippen LogP contribution in [0.3, 0.4) is 0 Å². The molecule has 0 radical (unpaired) electrons.